The Labute approximate surface area is 132 Å². The molecule has 0 spiro atoms. The Bertz CT molecular complexity index is 509. The van der Waals surface area contributed by atoms with Gasteiger partial charge in [-0.05, 0) is 18.7 Å². The van der Waals surface area contributed by atoms with E-state index in [1.165, 1.54) is 12.1 Å². The number of nitrogens with one attached hydrogen (secondary N) is 3. The van der Waals surface area contributed by atoms with Crippen molar-refractivity contribution in [2.24, 2.45) is 0 Å². The Morgan fingerprint density at radius 1 is 1.10 bits per heavy atom. The van der Waals surface area contributed by atoms with E-state index < -0.39 is 10.0 Å². The molecule has 0 heterocycles. The number of carbonyl (C=O) groups is 1. The summed E-state index contributed by atoms with van der Waals surface area (Å²) >= 11 is 0. The first kappa shape index (κ1) is 19.9. The second-order valence-electron chi connectivity index (χ2n) is 4.16. The van der Waals surface area contributed by atoms with Gasteiger partial charge in [-0.2, -0.15) is 0 Å². The number of benzene rings is 1. The maximum atomic E-state index is 11.9. The molecule has 0 saturated carbocycles. The maximum absolute atomic E-state index is 11.9. The van der Waals surface area contributed by atoms with E-state index in [1.54, 1.807) is 18.2 Å². The highest BCUT2D eigenvalue weighted by molar-refractivity contribution is 7.89. The minimum absolute atomic E-state index is 0. The molecule has 120 valence electrons. The summed E-state index contributed by atoms with van der Waals surface area (Å²) in [5.74, 6) is -0.168. The number of halogens is 1. The van der Waals surface area contributed by atoms with E-state index in [-0.39, 0.29) is 36.2 Å². The lowest BCUT2D eigenvalue weighted by Crippen LogP contribution is -2.34. The quantitative estimate of drug-likeness (QED) is 0.574. The van der Waals surface area contributed by atoms with Gasteiger partial charge in [0.05, 0.1) is 4.90 Å². The summed E-state index contributed by atoms with van der Waals surface area (Å²) in [7, 11) is -3.53. The van der Waals surface area contributed by atoms with Crippen LogP contribution in [0.3, 0.4) is 0 Å². The predicted octanol–water partition coefficient (Wildman–Crippen LogP) is 0.503. The van der Waals surface area contributed by atoms with Crippen LogP contribution in [0.1, 0.15) is 13.3 Å². The van der Waals surface area contributed by atoms with Gasteiger partial charge in [0, 0.05) is 26.1 Å². The van der Waals surface area contributed by atoms with Crippen molar-refractivity contribution in [3.8, 4) is 0 Å². The van der Waals surface area contributed by atoms with Gasteiger partial charge in [0.2, 0.25) is 15.9 Å². The van der Waals surface area contributed by atoms with Gasteiger partial charge in [-0.15, -0.1) is 12.4 Å². The van der Waals surface area contributed by atoms with Gasteiger partial charge < -0.3 is 10.6 Å². The zero-order valence-corrected chi connectivity index (χ0v) is 13.6. The van der Waals surface area contributed by atoms with Crippen molar-refractivity contribution in [2.75, 3.05) is 26.2 Å². The topological polar surface area (TPSA) is 87.3 Å². The van der Waals surface area contributed by atoms with Crippen LogP contribution in [0.25, 0.3) is 0 Å². The van der Waals surface area contributed by atoms with Crippen molar-refractivity contribution < 1.29 is 13.2 Å². The first-order chi connectivity index (χ1) is 9.56. The first-order valence-corrected chi connectivity index (χ1v) is 8.06. The Balaban J connectivity index is 0.00000400. The SMILES string of the molecule is CCNCCNC(=O)CCNS(=O)(=O)c1ccccc1.Cl. The van der Waals surface area contributed by atoms with Crippen molar-refractivity contribution in [2.45, 2.75) is 18.2 Å². The summed E-state index contributed by atoms with van der Waals surface area (Å²) in [6.07, 6.45) is 0.123. The average Bonchev–Trinajstić information content (AvgIpc) is 2.44. The monoisotopic (exact) mass is 335 g/mol. The molecule has 0 bridgehead atoms. The number of amides is 1. The minimum Gasteiger partial charge on any atom is -0.355 e. The van der Waals surface area contributed by atoms with Crippen molar-refractivity contribution >= 4 is 28.3 Å². The van der Waals surface area contributed by atoms with Gasteiger partial charge >= 0.3 is 0 Å². The van der Waals surface area contributed by atoms with Crippen LogP contribution in [0.5, 0.6) is 0 Å². The summed E-state index contributed by atoms with van der Waals surface area (Å²) in [5.41, 5.74) is 0. The van der Waals surface area contributed by atoms with Crippen molar-refractivity contribution in [3.05, 3.63) is 30.3 Å². The Hall–Kier alpha value is -1.15. The van der Waals surface area contributed by atoms with Gasteiger partial charge in [-0.3, -0.25) is 4.79 Å². The van der Waals surface area contributed by atoms with E-state index in [9.17, 15) is 13.2 Å². The largest absolute Gasteiger partial charge is 0.355 e. The fourth-order valence-corrected chi connectivity index (χ4v) is 2.59. The normalized spacial score (nSPS) is 10.7. The molecule has 6 nitrogen and oxygen atoms in total. The zero-order chi connectivity index (χ0) is 14.8. The second-order valence-corrected chi connectivity index (χ2v) is 5.93. The van der Waals surface area contributed by atoms with Crippen molar-refractivity contribution in [3.63, 3.8) is 0 Å². The van der Waals surface area contributed by atoms with Crippen LogP contribution in [-0.2, 0) is 14.8 Å². The smallest absolute Gasteiger partial charge is 0.240 e. The van der Waals surface area contributed by atoms with E-state index in [4.69, 9.17) is 0 Å². The molecule has 1 amide bonds. The summed E-state index contributed by atoms with van der Waals surface area (Å²) < 4.78 is 26.1. The molecular weight excluding hydrogens is 314 g/mol. The number of sulfonamides is 1. The zero-order valence-electron chi connectivity index (χ0n) is 12.0. The summed E-state index contributed by atoms with van der Waals surface area (Å²) in [6, 6.07) is 8.08. The third kappa shape index (κ3) is 8.01. The highest BCUT2D eigenvalue weighted by Crippen LogP contribution is 2.06. The van der Waals surface area contributed by atoms with E-state index in [2.05, 4.69) is 15.4 Å². The molecule has 1 rings (SSSR count). The molecule has 1 aromatic rings. The molecule has 0 aliphatic heterocycles. The predicted molar refractivity (Wildman–Crippen MR) is 85.0 cm³/mol. The van der Waals surface area contributed by atoms with Crippen LogP contribution in [0.2, 0.25) is 0 Å². The summed E-state index contributed by atoms with van der Waals surface area (Å²) in [4.78, 5) is 11.7. The number of likely N-dealkylation sites (N-methyl/N-ethyl adjacent to an activating group) is 1. The van der Waals surface area contributed by atoms with Gasteiger partial charge in [0.15, 0.2) is 0 Å². The van der Waals surface area contributed by atoms with Crippen LogP contribution < -0.4 is 15.4 Å². The van der Waals surface area contributed by atoms with E-state index >= 15 is 0 Å². The fourth-order valence-electron chi connectivity index (χ4n) is 1.54. The Kier molecular flexibility index (Phi) is 9.98. The summed E-state index contributed by atoms with van der Waals surface area (Å²) in [5, 5.41) is 5.79. The maximum Gasteiger partial charge on any atom is 0.240 e. The number of hydrogen-bond donors (Lipinski definition) is 3. The number of rotatable bonds is 9. The minimum atomic E-state index is -3.53. The molecular formula is C13H22ClN3O3S. The summed E-state index contributed by atoms with van der Waals surface area (Å²) in [6.45, 7) is 4.17. The molecule has 3 N–H and O–H groups in total. The lowest BCUT2D eigenvalue weighted by Gasteiger charge is -2.07. The van der Waals surface area contributed by atoms with E-state index in [0.29, 0.717) is 13.1 Å². The molecule has 0 fully saturated rings. The Morgan fingerprint density at radius 2 is 1.76 bits per heavy atom. The highest BCUT2D eigenvalue weighted by Gasteiger charge is 2.13. The molecule has 0 atom stereocenters. The van der Waals surface area contributed by atoms with Crippen molar-refractivity contribution in [1.82, 2.24) is 15.4 Å². The van der Waals surface area contributed by atoms with E-state index in [1.807, 2.05) is 6.92 Å². The molecule has 0 aliphatic carbocycles. The molecule has 0 aliphatic rings. The van der Waals surface area contributed by atoms with Gasteiger partial charge in [-0.1, -0.05) is 25.1 Å². The molecule has 0 aromatic heterocycles. The van der Waals surface area contributed by atoms with Crippen LogP contribution in [0.15, 0.2) is 35.2 Å². The van der Waals surface area contributed by atoms with Gasteiger partial charge in [0.25, 0.3) is 0 Å². The number of hydrogen-bond acceptors (Lipinski definition) is 4. The van der Waals surface area contributed by atoms with Gasteiger partial charge in [-0.25, -0.2) is 13.1 Å². The van der Waals surface area contributed by atoms with Crippen LogP contribution in [0, 0.1) is 0 Å². The first-order valence-electron chi connectivity index (χ1n) is 6.58. The molecule has 0 radical (unpaired) electrons. The second kappa shape index (κ2) is 10.6. The average molecular weight is 336 g/mol. The molecule has 0 saturated heterocycles. The molecule has 21 heavy (non-hydrogen) atoms. The molecule has 0 unspecified atom stereocenters. The van der Waals surface area contributed by atoms with Crippen molar-refractivity contribution in [1.29, 1.82) is 0 Å². The fraction of sp³-hybridized carbons (Fsp3) is 0.462. The third-order valence-corrected chi connectivity index (χ3v) is 4.05. The lowest BCUT2D eigenvalue weighted by molar-refractivity contribution is -0.120. The standard InChI is InChI=1S/C13H21N3O3S.ClH/c1-2-14-10-11-15-13(17)8-9-16-20(18,19)12-6-4-3-5-7-12;/h3-7,14,16H,2,8-11H2,1H3,(H,15,17);1H. The number of carbonyl (C=O) groups excluding carboxylic acids is 1. The third-order valence-electron chi connectivity index (χ3n) is 2.57. The van der Waals surface area contributed by atoms with Crippen LogP contribution >= 0.6 is 12.4 Å². The van der Waals surface area contributed by atoms with Crippen LogP contribution in [-0.4, -0.2) is 40.5 Å². The van der Waals surface area contributed by atoms with Gasteiger partial charge in [0.1, 0.15) is 0 Å². The van der Waals surface area contributed by atoms with Crippen LogP contribution in [0.4, 0.5) is 0 Å². The lowest BCUT2D eigenvalue weighted by atomic mass is 10.4. The molecule has 8 heteroatoms. The highest BCUT2D eigenvalue weighted by atomic mass is 35.5. The van der Waals surface area contributed by atoms with E-state index in [0.717, 1.165) is 6.54 Å². The molecule has 1 aromatic carbocycles. The Morgan fingerprint density at radius 3 is 2.38 bits per heavy atom.